The third-order valence-corrected chi connectivity index (χ3v) is 22.4. The van der Waals surface area contributed by atoms with E-state index in [1.807, 2.05) is 24.3 Å². The Kier molecular flexibility index (Phi) is 15.4. The molecule has 14 aromatic rings. The fourth-order valence-corrected chi connectivity index (χ4v) is 16.8. The zero-order chi connectivity index (χ0) is 70.6. The minimum absolute atomic E-state index is 0.0489. The van der Waals surface area contributed by atoms with Gasteiger partial charge in [-0.25, -0.2) is 8.78 Å². The van der Waals surface area contributed by atoms with Gasteiger partial charge in [0.15, 0.2) is 0 Å². The molecule has 0 aliphatic heterocycles. The maximum atomic E-state index is 15.1. The van der Waals surface area contributed by atoms with Crippen molar-refractivity contribution in [1.82, 2.24) is 0 Å². The largest absolute Gasteiger partial charge is 0.457 e. The van der Waals surface area contributed by atoms with Crippen LogP contribution in [-0.4, -0.2) is 0 Å². The molecule has 0 amide bonds. The zero-order valence-electron chi connectivity index (χ0n) is 59.3. The Morgan fingerprint density at radius 3 is 0.894 bits per heavy atom. The normalized spacial score (nSPS) is 15.8. The standard InChI is InChI=1S/C98H78F2N2O2/c1-95(2,3)69-25-29-71(30-26-69)97(73-33-53-83(54-34-73)103-85-51-23-65-15-17-67(65)59-85)91-13-9-7-11-87(91)89-57-49-81(61-93(89)97)101(79-45-37-75(99)38-46-79)77-41-19-63(20-42-77)64-21-43-78(44-22-64)102(80-47-39-76(100)40-48-80)82-50-58-90-88-12-8-10-14-92(88)98(94(90)62-82,72-31-27-70(28-32-72)96(4,5)6)74-35-55-84(56-36-74)104-86-52-24-66-16-18-68(66)60-86/h7-14,19-62H,15-18H2,1-6H3. The van der Waals surface area contributed by atoms with Crippen molar-refractivity contribution in [2.24, 2.45) is 0 Å². The first kappa shape index (κ1) is 64.3. The molecule has 14 aromatic carbocycles. The average Bonchev–Trinajstić information content (AvgIpc) is 1.53. The molecule has 104 heavy (non-hydrogen) atoms. The van der Waals surface area contributed by atoms with Gasteiger partial charge in [0.25, 0.3) is 0 Å². The molecule has 4 aliphatic carbocycles. The number of nitrogens with zero attached hydrogens (tertiary/aromatic N) is 2. The number of hydrogen-bond acceptors (Lipinski definition) is 4. The molecule has 0 saturated carbocycles. The lowest BCUT2D eigenvalue weighted by atomic mass is 9.67. The summed E-state index contributed by atoms with van der Waals surface area (Å²) >= 11 is 0. The molecule has 2 unspecified atom stereocenters. The molecule has 0 fully saturated rings. The highest BCUT2D eigenvalue weighted by Gasteiger charge is 2.48. The summed E-state index contributed by atoms with van der Waals surface area (Å²) < 4.78 is 43.4. The van der Waals surface area contributed by atoms with E-state index in [4.69, 9.17) is 9.47 Å². The number of rotatable bonds is 15. The Morgan fingerprint density at radius 1 is 0.269 bits per heavy atom. The zero-order valence-corrected chi connectivity index (χ0v) is 59.3. The molecule has 0 radical (unpaired) electrons. The Labute approximate surface area is 608 Å². The van der Waals surface area contributed by atoms with E-state index in [1.54, 1.807) is 0 Å². The van der Waals surface area contributed by atoms with Crippen molar-refractivity contribution >= 4 is 34.1 Å². The van der Waals surface area contributed by atoms with Crippen LogP contribution in [0.3, 0.4) is 0 Å². The molecule has 4 nitrogen and oxygen atoms in total. The third kappa shape index (κ3) is 10.9. The SMILES string of the molecule is CC(C)(C)c1ccc(C2(c3ccc(Oc4ccc5c(c4)CC5)cc3)c3ccccc3-c3ccc(N(c4ccc(F)cc4)c4ccc(-c5ccc(N(c6ccc(F)cc6)c6ccc7c(c6)C(c6ccc(Oc8ccc9c(c8)CC9)cc6)(c6ccc(C(C)(C)C)cc6)c6ccccc6-7)cc5)cc4)cc32)cc1. The Hall–Kier alpha value is -11.9. The van der Waals surface area contributed by atoms with Gasteiger partial charge in [0.2, 0.25) is 0 Å². The highest BCUT2D eigenvalue weighted by atomic mass is 19.1. The number of hydrogen-bond donors (Lipinski definition) is 0. The molecule has 506 valence electrons. The van der Waals surface area contributed by atoms with Crippen LogP contribution in [0.15, 0.2) is 315 Å². The van der Waals surface area contributed by atoms with Crippen molar-refractivity contribution in [3.63, 3.8) is 0 Å². The lowest BCUT2D eigenvalue weighted by Crippen LogP contribution is -2.29. The molecule has 0 aromatic heterocycles. The summed E-state index contributed by atoms with van der Waals surface area (Å²) in [5, 5.41) is 0. The first-order valence-electron chi connectivity index (χ1n) is 36.4. The van der Waals surface area contributed by atoms with Crippen LogP contribution in [0.25, 0.3) is 33.4 Å². The van der Waals surface area contributed by atoms with Crippen LogP contribution >= 0.6 is 0 Å². The van der Waals surface area contributed by atoms with Crippen molar-refractivity contribution in [3.8, 4) is 56.4 Å². The quantitative estimate of drug-likeness (QED) is 0.102. The smallest absolute Gasteiger partial charge is 0.127 e. The minimum atomic E-state index is -0.731. The van der Waals surface area contributed by atoms with Crippen LogP contribution in [0.1, 0.15) is 119 Å². The van der Waals surface area contributed by atoms with Crippen LogP contribution in [0.5, 0.6) is 23.0 Å². The fraction of sp³-hybridized carbons (Fsp3) is 0.143. The van der Waals surface area contributed by atoms with Gasteiger partial charge in [0, 0.05) is 34.1 Å². The molecular weight excluding hydrogens is 1280 g/mol. The number of aryl methyl sites for hydroxylation is 4. The highest BCUT2D eigenvalue weighted by molar-refractivity contribution is 5.92. The molecule has 2 atom stereocenters. The van der Waals surface area contributed by atoms with Gasteiger partial charge in [-0.05, 0) is 293 Å². The van der Waals surface area contributed by atoms with Gasteiger partial charge in [-0.1, -0.05) is 211 Å². The van der Waals surface area contributed by atoms with E-state index in [2.05, 4.69) is 318 Å². The molecule has 18 rings (SSSR count). The second-order valence-electron chi connectivity index (χ2n) is 30.5. The second-order valence-corrected chi connectivity index (χ2v) is 30.5. The Balaban J connectivity index is 0.714. The lowest BCUT2D eigenvalue weighted by Gasteiger charge is -2.35. The average molecular weight is 1350 g/mol. The summed E-state index contributed by atoms with van der Waals surface area (Å²) in [5.41, 5.74) is 27.8. The van der Waals surface area contributed by atoms with Crippen LogP contribution in [-0.2, 0) is 47.3 Å². The molecule has 6 heteroatoms. The first-order chi connectivity index (χ1) is 50.5. The summed E-state index contributed by atoms with van der Waals surface area (Å²) in [6.07, 6.45) is 4.41. The van der Waals surface area contributed by atoms with Crippen LogP contribution in [0.4, 0.5) is 42.9 Å². The molecule has 0 saturated heterocycles. The van der Waals surface area contributed by atoms with E-state index in [9.17, 15) is 0 Å². The van der Waals surface area contributed by atoms with Crippen LogP contribution < -0.4 is 19.3 Å². The fourth-order valence-electron chi connectivity index (χ4n) is 16.8. The van der Waals surface area contributed by atoms with E-state index in [0.29, 0.717) is 0 Å². The van der Waals surface area contributed by atoms with E-state index in [-0.39, 0.29) is 22.5 Å². The Bertz CT molecular complexity index is 5270. The van der Waals surface area contributed by atoms with Crippen LogP contribution in [0.2, 0.25) is 0 Å². The predicted molar refractivity (Wildman–Crippen MR) is 421 cm³/mol. The number of benzene rings is 14. The van der Waals surface area contributed by atoms with Gasteiger partial charge in [0.05, 0.1) is 10.8 Å². The van der Waals surface area contributed by atoms with Crippen LogP contribution in [0, 0.1) is 11.6 Å². The third-order valence-electron chi connectivity index (χ3n) is 22.4. The van der Waals surface area contributed by atoms with E-state index in [1.165, 1.54) is 79.9 Å². The highest BCUT2D eigenvalue weighted by Crippen LogP contribution is 2.60. The maximum Gasteiger partial charge on any atom is 0.127 e. The predicted octanol–water partition coefficient (Wildman–Crippen LogP) is 25.7. The van der Waals surface area contributed by atoms with E-state index < -0.39 is 10.8 Å². The van der Waals surface area contributed by atoms with Gasteiger partial charge in [-0.3, -0.25) is 0 Å². The van der Waals surface area contributed by atoms with Gasteiger partial charge in [-0.15, -0.1) is 0 Å². The molecule has 0 spiro atoms. The number of ether oxygens (including phenoxy) is 2. The Morgan fingerprint density at radius 2 is 0.567 bits per heavy atom. The molecule has 0 bridgehead atoms. The van der Waals surface area contributed by atoms with E-state index in [0.717, 1.165) is 138 Å². The van der Waals surface area contributed by atoms with Crippen molar-refractivity contribution in [1.29, 1.82) is 0 Å². The van der Waals surface area contributed by atoms with Gasteiger partial charge in [-0.2, -0.15) is 0 Å². The van der Waals surface area contributed by atoms with Gasteiger partial charge < -0.3 is 19.3 Å². The van der Waals surface area contributed by atoms with E-state index >= 15 is 8.78 Å². The van der Waals surface area contributed by atoms with Gasteiger partial charge in [0.1, 0.15) is 34.6 Å². The molecular formula is C98H78F2N2O2. The minimum Gasteiger partial charge on any atom is -0.457 e. The summed E-state index contributed by atoms with van der Waals surface area (Å²) in [6.45, 7) is 13.6. The summed E-state index contributed by atoms with van der Waals surface area (Å²) in [5.74, 6) is 2.65. The van der Waals surface area contributed by atoms with Crippen molar-refractivity contribution < 1.29 is 18.3 Å². The molecule has 0 heterocycles. The topological polar surface area (TPSA) is 24.9 Å². The summed E-state index contributed by atoms with van der Waals surface area (Å²) in [6, 6.07) is 111. The molecule has 4 aliphatic rings. The number of fused-ring (bicyclic) bond motifs is 8. The van der Waals surface area contributed by atoms with Crippen molar-refractivity contribution in [3.05, 3.63) is 405 Å². The summed E-state index contributed by atoms with van der Waals surface area (Å²) in [7, 11) is 0. The first-order valence-corrected chi connectivity index (χ1v) is 36.4. The number of anilines is 6. The molecule has 0 N–H and O–H groups in total. The van der Waals surface area contributed by atoms with Crippen molar-refractivity contribution in [2.75, 3.05) is 9.80 Å². The van der Waals surface area contributed by atoms with Gasteiger partial charge >= 0.3 is 0 Å². The lowest BCUT2D eigenvalue weighted by molar-refractivity contribution is 0.480. The van der Waals surface area contributed by atoms with Crippen molar-refractivity contribution in [2.45, 2.75) is 88.9 Å². The number of halogens is 2. The summed E-state index contributed by atoms with van der Waals surface area (Å²) in [4.78, 5) is 4.47. The second kappa shape index (κ2) is 25.0. The maximum absolute atomic E-state index is 15.1. The monoisotopic (exact) mass is 1350 g/mol.